The van der Waals surface area contributed by atoms with Crippen molar-refractivity contribution in [2.75, 3.05) is 12.3 Å². The molecule has 1 fully saturated rings. The number of hydrogen-bond acceptors (Lipinski definition) is 5. The molecule has 0 saturated carbocycles. The van der Waals surface area contributed by atoms with Gasteiger partial charge in [0.25, 0.3) is 5.91 Å². The minimum atomic E-state index is -0.603. The van der Waals surface area contributed by atoms with E-state index in [2.05, 4.69) is 9.97 Å². The van der Waals surface area contributed by atoms with E-state index in [0.717, 1.165) is 12.8 Å². The Morgan fingerprint density at radius 3 is 2.75 bits per heavy atom. The average Bonchev–Trinajstić information content (AvgIpc) is 2.67. The number of rotatable bonds is 2. The number of anilines is 1. The van der Waals surface area contributed by atoms with Gasteiger partial charge in [0.15, 0.2) is 5.82 Å². The molecular formula is C10H14N4O2. The van der Waals surface area contributed by atoms with Crippen LogP contribution in [0.2, 0.25) is 0 Å². The molecule has 1 saturated heterocycles. The van der Waals surface area contributed by atoms with E-state index < -0.39 is 5.91 Å². The van der Waals surface area contributed by atoms with E-state index in [1.807, 2.05) is 0 Å². The highest BCUT2D eigenvalue weighted by Gasteiger charge is 2.23. The first kappa shape index (κ1) is 10.8. The lowest BCUT2D eigenvalue weighted by Crippen LogP contribution is -2.19. The first-order valence-electron chi connectivity index (χ1n) is 5.15. The predicted molar refractivity (Wildman–Crippen MR) is 57.6 cm³/mol. The van der Waals surface area contributed by atoms with Crippen molar-refractivity contribution < 1.29 is 9.53 Å². The summed E-state index contributed by atoms with van der Waals surface area (Å²) >= 11 is 0. The Hall–Kier alpha value is -1.69. The number of aromatic nitrogens is 2. The molecule has 0 spiro atoms. The van der Waals surface area contributed by atoms with Crippen LogP contribution in [0.15, 0.2) is 0 Å². The molecule has 1 aromatic rings. The third-order valence-electron chi connectivity index (χ3n) is 2.60. The molecule has 86 valence electrons. The van der Waals surface area contributed by atoms with E-state index in [-0.39, 0.29) is 17.5 Å². The van der Waals surface area contributed by atoms with Crippen LogP contribution in [0.25, 0.3) is 0 Å². The van der Waals surface area contributed by atoms with Crippen LogP contribution in [0.3, 0.4) is 0 Å². The average molecular weight is 222 g/mol. The summed E-state index contributed by atoms with van der Waals surface area (Å²) in [6.45, 7) is 2.40. The van der Waals surface area contributed by atoms with Crippen molar-refractivity contribution in [2.45, 2.75) is 25.9 Å². The van der Waals surface area contributed by atoms with Gasteiger partial charge in [-0.15, -0.1) is 0 Å². The van der Waals surface area contributed by atoms with Gasteiger partial charge in [0.05, 0.1) is 5.69 Å². The third-order valence-corrected chi connectivity index (χ3v) is 2.60. The molecule has 0 bridgehead atoms. The molecule has 6 nitrogen and oxygen atoms in total. The summed E-state index contributed by atoms with van der Waals surface area (Å²) in [4.78, 5) is 19.4. The van der Waals surface area contributed by atoms with E-state index in [0.29, 0.717) is 18.1 Å². The quantitative estimate of drug-likeness (QED) is 0.749. The van der Waals surface area contributed by atoms with Crippen molar-refractivity contribution in [2.24, 2.45) is 5.73 Å². The van der Waals surface area contributed by atoms with Crippen molar-refractivity contribution in [3.05, 3.63) is 17.1 Å². The molecular weight excluding hydrogens is 208 g/mol. The lowest BCUT2D eigenvalue weighted by atomic mass is 10.2. The lowest BCUT2D eigenvalue weighted by Gasteiger charge is -2.11. The molecule has 1 aliphatic heterocycles. The van der Waals surface area contributed by atoms with Gasteiger partial charge in [-0.05, 0) is 19.8 Å². The number of ether oxygens (including phenoxy) is 1. The standard InChI is InChI=1S/C10H14N4O2/c1-5-7(9(12)15)8(11)14-10(13-5)6-3-2-4-16-6/h6H,2-4H2,1H3,(H2,12,15)(H2,11,13,14). The molecule has 1 aliphatic rings. The number of amides is 1. The van der Waals surface area contributed by atoms with Gasteiger partial charge in [0, 0.05) is 6.61 Å². The minimum absolute atomic E-state index is 0.108. The zero-order valence-corrected chi connectivity index (χ0v) is 9.06. The molecule has 16 heavy (non-hydrogen) atoms. The maximum atomic E-state index is 11.1. The zero-order valence-electron chi connectivity index (χ0n) is 9.06. The highest BCUT2D eigenvalue weighted by atomic mass is 16.5. The van der Waals surface area contributed by atoms with Gasteiger partial charge in [0.1, 0.15) is 17.5 Å². The molecule has 1 atom stereocenters. The predicted octanol–water partition coefficient (Wildman–Crippen LogP) is 0.318. The number of carbonyl (C=O) groups is 1. The third kappa shape index (κ3) is 1.83. The van der Waals surface area contributed by atoms with Gasteiger partial charge in [-0.2, -0.15) is 0 Å². The van der Waals surface area contributed by atoms with Crippen LogP contribution in [-0.2, 0) is 4.74 Å². The SMILES string of the molecule is Cc1nc(C2CCCO2)nc(N)c1C(N)=O. The van der Waals surface area contributed by atoms with Crippen molar-refractivity contribution in [1.29, 1.82) is 0 Å². The zero-order chi connectivity index (χ0) is 11.7. The Kier molecular flexibility index (Phi) is 2.74. The molecule has 4 N–H and O–H groups in total. The minimum Gasteiger partial charge on any atom is -0.383 e. The van der Waals surface area contributed by atoms with Gasteiger partial charge in [-0.3, -0.25) is 4.79 Å². The second-order valence-corrected chi connectivity index (χ2v) is 3.79. The fourth-order valence-electron chi connectivity index (χ4n) is 1.85. The molecule has 1 amide bonds. The molecule has 2 heterocycles. The van der Waals surface area contributed by atoms with Crippen molar-refractivity contribution in [3.63, 3.8) is 0 Å². The first-order valence-corrected chi connectivity index (χ1v) is 5.15. The topological polar surface area (TPSA) is 104 Å². The van der Waals surface area contributed by atoms with Crippen LogP contribution in [0, 0.1) is 6.92 Å². The van der Waals surface area contributed by atoms with E-state index in [4.69, 9.17) is 16.2 Å². The van der Waals surface area contributed by atoms with Gasteiger partial charge >= 0.3 is 0 Å². The Morgan fingerprint density at radius 2 is 2.25 bits per heavy atom. The Morgan fingerprint density at radius 1 is 1.50 bits per heavy atom. The van der Waals surface area contributed by atoms with Crippen LogP contribution in [0.4, 0.5) is 5.82 Å². The highest BCUT2D eigenvalue weighted by Crippen LogP contribution is 2.27. The number of carbonyl (C=O) groups excluding carboxylic acids is 1. The van der Waals surface area contributed by atoms with Crippen molar-refractivity contribution in [1.82, 2.24) is 9.97 Å². The summed E-state index contributed by atoms with van der Waals surface area (Å²) in [6.07, 6.45) is 1.77. The number of nitrogens with two attached hydrogens (primary N) is 2. The van der Waals surface area contributed by atoms with E-state index in [1.165, 1.54) is 0 Å². The molecule has 6 heteroatoms. The number of hydrogen-bond donors (Lipinski definition) is 2. The van der Waals surface area contributed by atoms with Gasteiger partial charge in [-0.25, -0.2) is 9.97 Å². The molecule has 0 aromatic carbocycles. The van der Waals surface area contributed by atoms with Crippen LogP contribution in [-0.4, -0.2) is 22.5 Å². The number of nitrogens with zero attached hydrogens (tertiary/aromatic N) is 2. The molecule has 2 rings (SSSR count). The normalized spacial score (nSPS) is 19.9. The van der Waals surface area contributed by atoms with E-state index >= 15 is 0 Å². The summed E-state index contributed by atoms with van der Waals surface area (Å²) in [7, 11) is 0. The molecule has 0 radical (unpaired) electrons. The lowest BCUT2D eigenvalue weighted by molar-refractivity contribution is 0.0993. The molecule has 0 aliphatic carbocycles. The van der Waals surface area contributed by atoms with Crippen molar-refractivity contribution >= 4 is 11.7 Å². The largest absolute Gasteiger partial charge is 0.383 e. The summed E-state index contributed by atoms with van der Waals surface area (Å²) in [5.74, 6) is 0.0666. The maximum absolute atomic E-state index is 11.1. The van der Waals surface area contributed by atoms with Crippen LogP contribution in [0.1, 0.15) is 40.8 Å². The Labute approximate surface area is 93.0 Å². The molecule has 1 aromatic heterocycles. The second-order valence-electron chi connectivity index (χ2n) is 3.79. The van der Waals surface area contributed by atoms with Gasteiger partial charge in [0.2, 0.25) is 0 Å². The maximum Gasteiger partial charge on any atom is 0.254 e. The second kappa shape index (κ2) is 4.05. The number of primary amides is 1. The van der Waals surface area contributed by atoms with Gasteiger partial charge < -0.3 is 16.2 Å². The van der Waals surface area contributed by atoms with Crippen LogP contribution >= 0.6 is 0 Å². The highest BCUT2D eigenvalue weighted by molar-refractivity contribution is 5.98. The van der Waals surface area contributed by atoms with Crippen LogP contribution < -0.4 is 11.5 Å². The summed E-state index contributed by atoms with van der Waals surface area (Å²) in [6, 6.07) is 0. The van der Waals surface area contributed by atoms with Crippen LogP contribution in [0.5, 0.6) is 0 Å². The monoisotopic (exact) mass is 222 g/mol. The van der Waals surface area contributed by atoms with Crippen molar-refractivity contribution in [3.8, 4) is 0 Å². The summed E-state index contributed by atoms with van der Waals surface area (Å²) in [5.41, 5.74) is 11.6. The van der Waals surface area contributed by atoms with E-state index in [1.54, 1.807) is 6.92 Å². The first-order chi connectivity index (χ1) is 7.59. The number of aryl methyl sites for hydroxylation is 1. The summed E-state index contributed by atoms with van der Waals surface area (Å²) < 4.78 is 5.45. The van der Waals surface area contributed by atoms with Gasteiger partial charge in [-0.1, -0.05) is 0 Å². The number of nitrogen functional groups attached to an aromatic ring is 1. The summed E-state index contributed by atoms with van der Waals surface area (Å²) in [5, 5.41) is 0. The Bertz CT molecular complexity index is 404. The fraction of sp³-hybridized carbons (Fsp3) is 0.500. The fourth-order valence-corrected chi connectivity index (χ4v) is 1.85. The Balaban J connectivity index is 2.40. The smallest absolute Gasteiger partial charge is 0.254 e. The van der Waals surface area contributed by atoms with E-state index in [9.17, 15) is 4.79 Å². The molecule has 1 unspecified atom stereocenters.